The van der Waals surface area contributed by atoms with Crippen LogP contribution in [0.4, 0.5) is 11.6 Å². The molecule has 130 valence electrons. The van der Waals surface area contributed by atoms with E-state index < -0.39 is 0 Å². The van der Waals surface area contributed by atoms with Crippen molar-refractivity contribution >= 4 is 22.9 Å². The molecule has 9 nitrogen and oxygen atoms in total. The number of rotatable bonds is 4. The number of ether oxygens (including phenoxy) is 1. The van der Waals surface area contributed by atoms with Crippen LogP contribution in [-0.4, -0.2) is 77.7 Å². The molecule has 2 fully saturated rings. The Morgan fingerprint density at radius 2 is 1.88 bits per heavy atom. The van der Waals surface area contributed by atoms with Gasteiger partial charge in [0.05, 0.1) is 13.2 Å². The van der Waals surface area contributed by atoms with Crippen LogP contribution in [0, 0.1) is 0 Å². The lowest BCUT2D eigenvalue weighted by Crippen LogP contribution is -2.41. The van der Waals surface area contributed by atoms with Gasteiger partial charge < -0.3 is 19.9 Å². The fourth-order valence-electron chi connectivity index (χ4n) is 3.36. The lowest BCUT2D eigenvalue weighted by Gasteiger charge is -2.33. The Morgan fingerprint density at radius 3 is 2.67 bits per heavy atom. The van der Waals surface area contributed by atoms with Crippen molar-refractivity contribution in [1.29, 1.82) is 0 Å². The standard InChI is InChI=1S/C15H23N7O2/c1-21-5-3-2-4-11(21)10-16-14-15(22-6-8-23-9-7-22)18-13-12(17-14)19-24-20-13/h11H,2-10H2,1H3,(H,16,17,19)/t11-/m1/s1. The van der Waals surface area contributed by atoms with E-state index in [1.54, 1.807) is 0 Å². The average molecular weight is 333 g/mol. The highest BCUT2D eigenvalue weighted by molar-refractivity contribution is 5.74. The maximum Gasteiger partial charge on any atom is 0.245 e. The molecule has 2 aliphatic heterocycles. The van der Waals surface area contributed by atoms with Gasteiger partial charge in [-0.05, 0) is 36.7 Å². The fourth-order valence-corrected chi connectivity index (χ4v) is 3.36. The van der Waals surface area contributed by atoms with Crippen LogP contribution in [0.25, 0.3) is 11.3 Å². The van der Waals surface area contributed by atoms with Gasteiger partial charge in [-0.1, -0.05) is 6.42 Å². The van der Waals surface area contributed by atoms with E-state index >= 15 is 0 Å². The van der Waals surface area contributed by atoms with Crippen LogP contribution in [0.2, 0.25) is 0 Å². The first kappa shape index (κ1) is 15.5. The van der Waals surface area contributed by atoms with Gasteiger partial charge in [0.1, 0.15) is 0 Å². The van der Waals surface area contributed by atoms with Gasteiger partial charge >= 0.3 is 0 Å². The van der Waals surface area contributed by atoms with Gasteiger partial charge in [-0.15, -0.1) is 0 Å². The number of hydrogen-bond acceptors (Lipinski definition) is 9. The zero-order chi connectivity index (χ0) is 16.4. The topological polar surface area (TPSA) is 92.4 Å². The maximum atomic E-state index is 5.44. The number of nitrogens with zero attached hydrogens (tertiary/aromatic N) is 6. The molecular weight excluding hydrogens is 310 g/mol. The summed E-state index contributed by atoms with van der Waals surface area (Å²) in [5.41, 5.74) is 0.878. The van der Waals surface area contributed by atoms with Gasteiger partial charge in [0, 0.05) is 25.7 Å². The second-order valence-corrected chi connectivity index (χ2v) is 6.42. The summed E-state index contributed by atoms with van der Waals surface area (Å²) in [4.78, 5) is 13.8. The Bertz CT molecular complexity index is 686. The maximum absolute atomic E-state index is 5.44. The van der Waals surface area contributed by atoms with Crippen molar-refractivity contribution < 1.29 is 9.37 Å². The van der Waals surface area contributed by atoms with E-state index in [2.05, 4.69) is 42.4 Å². The molecule has 0 radical (unpaired) electrons. The first-order valence-corrected chi connectivity index (χ1v) is 8.58. The molecule has 0 aromatic carbocycles. The number of likely N-dealkylation sites (tertiary alicyclic amines) is 1. The highest BCUT2D eigenvalue weighted by atomic mass is 16.6. The van der Waals surface area contributed by atoms with Crippen LogP contribution in [0.15, 0.2) is 4.63 Å². The average Bonchev–Trinajstić information content (AvgIpc) is 3.08. The molecule has 2 aromatic rings. The second-order valence-electron chi connectivity index (χ2n) is 6.42. The summed E-state index contributed by atoms with van der Waals surface area (Å²) in [5.74, 6) is 1.55. The number of anilines is 2. The third kappa shape index (κ3) is 3.13. The van der Waals surface area contributed by atoms with Gasteiger partial charge in [0.25, 0.3) is 0 Å². The molecule has 0 spiro atoms. The molecule has 0 aliphatic carbocycles. The summed E-state index contributed by atoms with van der Waals surface area (Å²) in [6.07, 6.45) is 3.77. The first-order chi connectivity index (χ1) is 11.8. The van der Waals surface area contributed by atoms with Crippen LogP contribution in [-0.2, 0) is 4.74 Å². The summed E-state index contributed by atoms with van der Waals surface area (Å²) >= 11 is 0. The highest BCUT2D eigenvalue weighted by Gasteiger charge is 2.23. The normalized spacial score (nSPS) is 22.9. The van der Waals surface area contributed by atoms with Gasteiger partial charge in [-0.2, -0.15) is 0 Å². The first-order valence-electron chi connectivity index (χ1n) is 8.58. The van der Waals surface area contributed by atoms with Crippen LogP contribution < -0.4 is 10.2 Å². The highest BCUT2D eigenvalue weighted by Crippen LogP contribution is 2.25. The summed E-state index contributed by atoms with van der Waals surface area (Å²) < 4.78 is 10.2. The van der Waals surface area contributed by atoms with Gasteiger partial charge in [-0.25, -0.2) is 14.6 Å². The molecule has 0 saturated carbocycles. The van der Waals surface area contributed by atoms with Crippen molar-refractivity contribution in [2.24, 2.45) is 0 Å². The molecule has 2 aliphatic rings. The molecule has 24 heavy (non-hydrogen) atoms. The summed E-state index contributed by atoms with van der Waals surface area (Å²) in [5, 5.41) is 11.1. The van der Waals surface area contributed by atoms with E-state index in [4.69, 9.17) is 9.37 Å². The van der Waals surface area contributed by atoms with E-state index in [0.717, 1.165) is 37.8 Å². The molecule has 1 N–H and O–H groups in total. The lowest BCUT2D eigenvalue weighted by molar-refractivity contribution is 0.122. The third-order valence-corrected chi connectivity index (χ3v) is 4.83. The quantitative estimate of drug-likeness (QED) is 0.869. The Morgan fingerprint density at radius 1 is 1.08 bits per heavy atom. The molecule has 1 atom stereocenters. The van der Waals surface area contributed by atoms with Crippen molar-refractivity contribution in [3.63, 3.8) is 0 Å². The molecule has 2 saturated heterocycles. The molecule has 0 bridgehead atoms. The molecular formula is C15H23N7O2. The molecule has 4 rings (SSSR count). The third-order valence-electron chi connectivity index (χ3n) is 4.83. The zero-order valence-corrected chi connectivity index (χ0v) is 13.9. The van der Waals surface area contributed by atoms with Crippen LogP contribution in [0.1, 0.15) is 19.3 Å². The van der Waals surface area contributed by atoms with Gasteiger partial charge in [0.2, 0.25) is 11.3 Å². The number of likely N-dealkylation sites (N-methyl/N-ethyl adjacent to an activating group) is 1. The molecule has 0 amide bonds. The van der Waals surface area contributed by atoms with Gasteiger partial charge in [-0.3, -0.25) is 0 Å². The SMILES string of the molecule is CN1CCCC[C@@H]1CNc1nc2nonc2nc1N1CCOCC1. The predicted molar refractivity (Wildman–Crippen MR) is 89.2 cm³/mol. The smallest absolute Gasteiger partial charge is 0.245 e. The Labute approximate surface area is 140 Å². The van der Waals surface area contributed by atoms with Crippen molar-refractivity contribution in [2.75, 3.05) is 56.7 Å². The van der Waals surface area contributed by atoms with Gasteiger partial charge in [0.15, 0.2) is 11.6 Å². The van der Waals surface area contributed by atoms with Crippen LogP contribution in [0.3, 0.4) is 0 Å². The number of piperidine rings is 1. The lowest BCUT2D eigenvalue weighted by atomic mass is 10.0. The largest absolute Gasteiger partial charge is 0.378 e. The number of hydrogen-bond donors (Lipinski definition) is 1. The minimum Gasteiger partial charge on any atom is -0.378 e. The number of aromatic nitrogens is 4. The summed E-state index contributed by atoms with van der Waals surface area (Å²) in [6.45, 7) is 4.98. The Balaban J connectivity index is 1.57. The van der Waals surface area contributed by atoms with E-state index in [-0.39, 0.29) is 0 Å². The number of fused-ring (bicyclic) bond motifs is 1. The minimum absolute atomic E-state index is 0.437. The molecule has 0 unspecified atom stereocenters. The zero-order valence-electron chi connectivity index (χ0n) is 13.9. The number of morpholine rings is 1. The summed E-state index contributed by atoms with van der Waals surface area (Å²) in [7, 11) is 2.19. The van der Waals surface area contributed by atoms with Crippen LogP contribution >= 0.6 is 0 Å². The van der Waals surface area contributed by atoms with E-state index in [1.165, 1.54) is 19.3 Å². The Kier molecular flexibility index (Phi) is 4.44. The van der Waals surface area contributed by atoms with E-state index in [1.807, 2.05) is 0 Å². The predicted octanol–water partition coefficient (Wildman–Crippen LogP) is 0.746. The van der Waals surface area contributed by atoms with Crippen molar-refractivity contribution in [3.05, 3.63) is 0 Å². The second kappa shape index (κ2) is 6.86. The molecule has 9 heteroatoms. The Hall–Kier alpha value is -2.00. The monoisotopic (exact) mass is 333 g/mol. The van der Waals surface area contributed by atoms with E-state index in [0.29, 0.717) is 30.5 Å². The molecule has 2 aromatic heterocycles. The minimum atomic E-state index is 0.437. The molecule has 4 heterocycles. The van der Waals surface area contributed by atoms with Crippen molar-refractivity contribution in [3.8, 4) is 0 Å². The fraction of sp³-hybridized carbons (Fsp3) is 0.733. The van der Waals surface area contributed by atoms with Crippen molar-refractivity contribution in [1.82, 2.24) is 25.2 Å². The van der Waals surface area contributed by atoms with E-state index in [9.17, 15) is 0 Å². The van der Waals surface area contributed by atoms with Crippen molar-refractivity contribution in [2.45, 2.75) is 25.3 Å². The number of nitrogens with one attached hydrogen (secondary N) is 1. The summed E-state index contributed by atoms with van der Waals surface area (Å²) in [6, 6.07) is 0.518. The van der Waals surface area contributed by atoms with Crippen LogP contribution in [0.5, 0.6) is 0 Å².